The predicted molar refractivity (Wildman–Crippen MR) is 68.9 cm³/mol. The minimum atomic E-state index is -0.623. The lowest BCUT2D eigenvalue weighted by Gasteiger charge is -2.10. The Labute approximate surface area is 109 Å². The molecule has 0 radical (unpaired) electrons. The van der Waals surface area contributed by atoms with Crippen molar-refractivity contribution >= 4 is 11.6 Å². The first-order valence-electron chi connectivity index (χ1n) is 5.57. The monoisotopic (exact) mass is 261 g/mol. The Bertz CT molecular complexity index is 641. The number of carbonyl (C=O) groups is 1. The highest BCUT2D eigenvalue weighted by Crippen LogP contribution is 2.29. The van der Waals surface area contributed by atoms with E-state index in [1.165, 1.54) is 36.4 Å². The van der Waals surface area contributed by atoms with Crippen LogP contribution in [-0.4, -0.2) is 16.1 Å². The van der Waals surface area contributed by atoms with Crippen LogP contribution in [0.25, 0.3) is 0 Å². The molecule has 0 aromatic heterocycles. The maximum Gasteiger partial charge on any atom is 0.259 e. The van der Waals surface area contributed by atoms with Crippen LogP contribution in [0.3, 0.4) is 0 Å². The summed E-state index contributed by atoms with van der Waals surface area (Å²) < 4.78 is 13.1. The van der Waals surface area contributed by atoms with Gasteiger partial charge in [-0.3, -0.25) is 4.79 Å². The maximum atomic E-state index is 13.1. The molecule has 0 spiro atoms. The molecule has 2 rings (SSSR count). The van der Waals surface area contributed by atoms with Gasteiger partial charge in [0.1, 0.15) is 5.82 Å². The van der Waals surface area contributed by atoms with E-state index < -0.39 is 17.5 Å². The van der Waals surface area contributed by atoms with Crippen molar-refractivity contribution in [2.75, 3.05) is 5.32 Å². The van der Waals surface area contributed by atoms with Gasteiger partial charge in [0.25, 0.3) is 5.91 Å². The number of anilines is 1. The molecule has 2 aromatic carbocycles. The van der Waals surface area contributed by atoms with Crippen molar-refractivity contribution in [2.45, 2.75) is 6.92 Å². The van der Waals surface area contributed by atoms with E-state index in [4.69, 9.17) is 0 Å². The quantitative estimate of drug-likeness (QED) is 0.728. The molecule has 0 heterocycles. The topological polar surface area (TPSA) is 69.6 Å². The van der Waals surface area contributed by atoms with Crippen LogP contribution >= 0.6 is 0 Å². The highest BCUT2D eigenvalue weighted by Gasteiger charge is 2.15. The first kappa shape index (κ1) is 12.9. The van der Waals surface area contributed by atoms with Crippen molar-refractivity contribution in [1.82, 2.24) is 0 Å². The molecule has 0 bridgehead atoms. The number of aromatic hydroxyl groups is 2. The summed E-state index contributed by atoms with van der Waals surface area (Å²) in [5.41, 5.74) is 0.922. The summed E-state index contributed by atoms with van der Waals surface area (Å²) >= 11 is 0. The Morgan fingerprint density at radius 2 is 1.95 bits per heavy atom. The molecular formula is C14H12FNO3. The SMILES string of the molecule is Cc1ccc(F)cc1NC(=O)c1cccc(O)c1O. The van der Waals surface area contributed by atoms with E-state index in [-0.39, 0.29) is 11.3 Å². The number of phenols is 2. The van der Waals surface area contributed by atoms with Gasteiger partial charge in [-0.2, -0.15) is 0 Å². The number of para-hydroxylation sites is 1. The summed E-state index contributed by atoms with van der Waals surface area (Å²) in [7, 11) is 0. The zero-order chi connectivity index (χ0) is 14.0. The molecule has 0 unspecified atom stereocenters. The fourth-order valence-electron chi connectivity index (χ4n) is 1.63. The molecule has 0 saturated heterocycles. The van der Waals surface area contributed by atoms with Crippen LogP contribution in [0.1, 0.15) is 15.9 Å². The summed E-state index contributed by atoms with van der Waals surface area (Å²) in [4.78, 5) is 11.9. The minimum absolute atomic E-state index is 0.0799. The van der Waals surface area contributed by atoms with Crippen LogP contribution in [0, 0.1) is 12.7 Å². The number of carbonyl (C=O) groups excluding carboxylic acids is 1. The Kier molecular flexibility index (Phi) is 3.37. The average molecular weight is 261 g/mol. The fourth-order valence-corrected chi connectivity index (χ4v) is 1.63. The van der Waals surface area contributed by atoms with E-state index in [1.807, 2.05) is 0 Å². The lowest BCUT2D eigenvalue weighted by molar-refractivity contribution is 0.102. The van der Waals surface area contributed by atoms with Crippen molar-refractivity contribution in [3.05, 3.63) is 53.3 Å². The van der Waals surface area contributed by atoms with Gasteiger partial charge in [0, 0.05) is 5.69 Å². The smallest absolute Gasteiger partial charge is 0.259 e. The summed E-state index contributed by atoms with van der Waals surface area (Å²) in [6.07, 6.45) is 0. The van der Waals surface area contributed by atoms with Crippen LogP contribution < -0.4 is 5.32 Å². The van der Waals surface area contributed by atoms with Gasteiger partial charge in [-0.15, -0.1) is 0 Å². The van der Waals surface area contributed by atoms with Gasteiger partial charge in [0.2, 0.25) is 0 Å². The molecule has 1 amide bonds. The number of amides is 1. The Hall–Kier alpha value is -2.56. The second-order valence-corrected chi connectivity index (χ2v) is 4.09. The van der Waals surface area contributed by atoms with Crippen molar-refractivity contribution in [2.24, 2.45) is 0 Å². The molecule has 3 N–H and O–H groups in total. The van der Waals surface area contributed by atoms with Crippen molar-refractivity contribution in [1.29, 1.82) is 0 Å². The Balaban J connectivity index is 2.31. The number of phenolic OH excluding ortho intramolecular Hbond substituents is 2. The lowest BCUT2D eigenvalue weighted by atomic mass is 10.1. The van der Waals surface area contributed by atoms with E-state index in [9.17, 15) is 19.4 Å². The van der Waals surface area contributed by atoms with E-state index in [2.05, 4.69) is 5.32 Å². The third-order valence-corrected chi connectivity index (χ3v) is 2.71. The summed E-state index contributed by atoms with van der Waals surface area (Å²) in [5.74, 6) is -1.99. The van der Waals surface area contributed by atoms with Crippen molar-refractivity contribution in [3.63, 3.8) is 0 Å². The first-order valence-corrected chi connectivity index (χ1v) is 5.57. The van der Waals surface area contributed by atoms with Crippen molar-refractivity contribution < 1.29 is 19.4 Å². The van der Waals surface area contributed by atoms with Crippen LogP contribution in [-0.2, 0) is 0 Å². The number of aryl methyl sites for hydroxylation is 1. The second-order valence-electron chi connectivity index (χ2n) is 4.09. The molecule has 0 aliphatic carbocycles. The molecule has 4 nitrogen and oxygen atoms in total. The Morgan fingerprint density at radius 3 is 2.68 bits per heavy atom. The number of rotatable bonds is 2. The third-order valence-electron chi connectivity index (χ3n) is 2.71. The van der Waals surface area contributed by atoms with E-state index in [1.54, 1.807) is 6.92 Å². The van der Waals surface area contributed by atoms with Gasteiger partial charge in [0.15, 0.2) is 11.5 Å². The van der Waals surface area contributed by atoms with E-state index in [0.29, 0.717) is 11.3 Å². The van der Waals surface area contributed by atoms with Crippen molar-refractivity contribution in [3.8, 4) is 11.5 Å². The van der Waals surface area contributed by atoms with Gasteiger partial charge in [-0.1, -0.05) is 12.1 Å². The highest BCUT2D eigenvalue weighted by molar-refractivity contribution is 6.06. The number of halogens is 1. The van der Waals surface area contributed by atoms with Gasteiger partial charge in [-0.25, -0.2) is 4.39 Å². The van der Waals surface area contributed by atoms with Gasteiger partial charge in [-0.05, 0) is 36.8 Å². The second kappa shape index (κ2) is 4.97. The first-order chi connectivity index (χ1) is 8.99. The zero-order valence-corrected chi connectivity index (χ0v) is 10.1. The minimum Gasteiger partial charge on any atom is -0.504 e. The fraction of sp³-hybridized carbons (Fsp3) is 0.0714. The van der Waals surface area contributed by atoms with Crippen LogP contribution in [0.15, 0.2) is 36.4 Å². The van der Waals surface area contributed by atoms with Crippen LogP contribution in [0.5, 0.6) is 11.5 Å². The number of hydrogen-bond donors (Lipinski definition) is 3. The summed E-state index contributed by atoms with van der Waals surface area (Å²) in [6, 6.07) is 8.07. The molecule has 0 aliphatic rings. The highest BCUT2D eigenvalue weighted by atomic mass is 19.1. The van der Waals surface area contributed by atoms with Gasteiger partial charge in [0.05, 0.1) is 5.56 Å². The molecule has 0 saturated carbocycles. The van der Waals surface area contributed by atoms with E-state index in [0.717, 1.165) is 0 Å². The zero-order valence-electron chi connectivity index (χ0n) is 10.1. The standard InChI is InChI=1S/C14H12FNO3/c1-8-5-6-9(15)7-11(8)16-14(19)10-3-2-4-12(17)13(10)18/h2-7,17-18H,1H3,(H,16,19). The molecule has 19 heavy (non-hydrogen) atoms. The molecular weight excluding hydrogens is 249 g/mol. The molecule has 2 aromatic rings. The van der Waals surface area contributed by atoms with Gasteiger partial charge >= 0.3 is 0 Å². The normalized spacial score (nSPS) is 10.2. The third kappa shape index (κ3) is 2.65. The lowest BCUT2D eigenvalue weighted by Crippen LogP contribution is -2.13. The largest absolute Gasteiger partial charge is 0.504 e. The summed E-state index contributed by atoms with van der Waals surface area (Å²) in [6.45, 7) is 1.72. The molecule has 5 heteroatoms. The maximum absolute atomic E-state index is 13.1. The van der Waals surface area contributed by atoms with Crippen LogP contribution in [0.2, 0.25) is 0 Å². The molecule has 0 aliphatic heterocycles. The Morgan fingerprint density at radius 1 is 1.21 bits per heavy atom. The van der Waals surface area contributed by atoms with Gasteiger partial charge < -0.3 is 15.5 Å². The predicted octanol–water partition coefficient (Wildman–Crippen LogP) is 2.80. The number of hydrogen-bond acceptors (Lipinski definition) is 3. The number of nitrogens with one attached hydrogen (secondary N) is 1. The average Bonchev–Trinajstić information content (AvgIpc) is 2.37. The number of benzene rings is 2. The summed E-state index contributed by atoms with van der Waals surface area (Å²) in [5, 5.41) is 21.4. The van der Waals surface area contributed by atoms with E-state index >= 15 is 0 Å². The molecule has 0 fully saturated rings. The molecule has 98 valence electrons. The van der Waals surface area contributed by atoms with Crippen LogP contribution in [0.4, 0.5) is 10.1 Å². The molecule has 0 atom stereocenters.